The number of nitrogens with one attached hydrogen (secondary N) is 2. The van der Waals surface area contributed by atoms with Gasteiger partial charge in [0.2, 0.25) is 0 Å². The predicted octanol–water partition coefficient (Wildman–Crippen LogP) is 4.04. The van der Waals surface area contributed by atoms with E-state index >= 15 is 0 Å². The highest BCUT2D eigenvalue weighted by atomic mass is 16.5. The summed E-state index contributed by atoms with van der Waals surface area (Å²) in [6, 6.07) is 9.38. The average Bonchev–Trinajstić information content (AvgIpc) is 3.43. The topological polar surface area (TPSA) is 89.0 Å². The van der Waals surface area contributed by atoms with Crippen LogP contribution in [-0.2, 0) is 11.3 Å². The molecule has 2 N–H and O–H groups in total. The Morgan fingerprint density at radius 1 is 1.34 bits per heavy atom. The number of para-hydroxylation sites is 2. The first-order valence-corrected chi connectivity index (χ1v) is 11.5. The van der Waals surface area contributed by atoms with Gasteiger partial charge in [0.05, 0.1) is 29.7 Å². The molecule has 3 aromatic rings. The molecule has 3 atom stereocenters. The lowest BCUT2D eigenvalue weighted by atomic mass is 9.97. The summed E-state index contributed by atoms with van der Waals surface area (Å²) in [5.41, 5.74) is 3.24. The van der Waals surface area contributed by atoms with Crippen LogP contribution in [0.5, 0.6) is 0 Å². The summed E-state index contributed by atoms with van der Waals surface area (Å²) in [6.07, 6.45) is 2.82. The van der Waals surface area contributed by atoms with Crippen molar-refractivity contribution in [3.63, 3.8) is 0 Å². The summed E-state index contributed by atoms with van der Waals surface area (Å²) < 4.78 is 7.40. The van der Waals surface area contributed by atoms with E-state index in [-0.39, 0.29) is 35.1 Å². The van der Waals surface area contributed by atoms with Gasteiger partial charge in [-0.3, -0.25) is 9.59 Å². The molecule has 4 rings (SSSR count). The fourth-order valence-corrected chi connectivity index (χ4v) is 4.47. The van der Waals surface area contributed by atoms with Gasteiger partial charge in [0, 0.05) is 12.3 Å². The third-order valence-corrected chi connectivity index (χ3v) is 6.54. The minimum Gasteiger partial charge on any atom is -0.376 e. The number of hydrogen-bond acceptors (Lipinski definition) is 4. The zero-order valence-electron chi connectivity index (χ0n) is 19.3. The minimum atomic E-state index is -0.362. The Bertz CT molecular complexity index is 1140. The third kappa shape index (κ3) is 4.35. The number of H-pyrrole nitrogens is 1. The maximum Gasteiger partial charge on any atom is 0.263 e. The van der Waals surface area contributed by atoms with Gasteiger partial charge in [-0.25, -0.2) is 4.98 Å². The number of nitrogens with zero attached hydrogens (tertiary/aromatic N) is 2. The number of rotatable bonds is 7. The van der Waals surface area contributed by atoms with Gasteiger partial charge in [-0.15, -0.1) is 0 Å². The number of aromatic nitrogens is 3. The lowest BCUT2D eigenvalue weighted by molar-refractivity contribution is 0.0904. The molecule has 1 amide bonds. The van der Waals surface area contributed by atoms with Crippen molar-refractivity contribution in [2.24, 2.45) is 5.92 Å². The highest BCUT2D eigenvalue weighted by Crippen LogP contribution is 2.25. The minimum absolute atomic E-state index is 0.0217. The molecule has 1 aliphatic rings. The van der Waals surface area contributed by atoms with E-state index in [1.165, 1.54) is 0 Å². The van der Waals surface area contributed by atoms with E-state index in [2.05, 4.69) is 24.1 Å². The van der Waals surface area contributed by atoms with E-state index in [4.69, 9.17) is 9.72 Å². The smallest absolute Gasteiger partial charge is 0.263 e. The summed E-state index contributed by atoms with van der Waals surface area (Å²) in [5, 5.41) is 3.11. The SMILES string of the molecule is CC[C@H](C)[C@@H](NC(=O)c1c(C)cc(C)n(C[C@@H]2CCCO2)c1=O)c1nc2ccccc2[nH]1. The molecule has 1 aromatic carbocycles. The number of benzene rings is 1. The van der Waals surface area contributed by atoms with Gasteiger partial charge < -0.3 is 19.6 Å². The fraction of sp³-hybridized carbons (Fsp3) is 0.480. The van der Waals surface area contributed by atoms with Gasteiger partial charge in [0.1, 0.15) is 11.4 Å². The zero-order chi connectivity index (χ0) is 22.8. The molecule has 0 spiro atoms. The number of ether oxygens (including phenoxy) is 1. The maximum absolute atomic E-state index is 13.4. The van der Waals surface area contributed by atoms with Crippen molar-refractivity contribution in [2.75, 3.05) is 6.61 Å². The Labute approximate surface area is 188 Å². The molecular formula is C25H32N4O3. The van der Waals surface area contributed by atoms with Crippen molar-refractivity contribution in [1.82, 2.24) is 19.9 Å². The number of pyridine rings is 1. The molecule has 0 saturated carbocycles. The van der Waals surface area contributed by atoms with Gasteiger partial charge in [-0.1, -0.05) is 32.4 Å². The van der Waals surface area contributed by atoms with Crippen molar-refractivity contribution in [3.05, 3.63) is 63.3 Å². The van der Waals surface area contributed by atoms with Crippen LogP contribution in [-0.4, -0.2) is 33.2 Å². The molecule has 7 heteroatoms. The van der Waals surface area contributed by atoms with Crippen molar-refractivity contribution in [3.8, 4) is 0 Å². The number of imidazole rings is 1. The highest BCUT2D eigenvalue weighted by molar-refractivity contribution is 5.95. The van der Waals surface area contributed by atoms with Crippen LogP contribution in [0, 0.1) is 19.8 Å². The standard InChI is InChI=1S/C25H32N4O3/c1-5-15(2)22(23-26-19-10-6-7-11-20(19)27-23)28-24(30)21-16(3)13-17(4)29(25(21)31)14-18-9-8-12-32-18/h6-7,10-11,13,15,18,22H,5,8-9,12,14H2,1-4H3,(H,26,27)(H,28,30)/t15-,18-,22+/m0/s1. The summed E-state index contributed by atoms with van der Waals surface area (Å²) >= 11 is 0. The van der Waals surface area contributed by atoms with E-state index in [0.29, 0.717) is 17.9 Å². The number of amides is 1. The van der Waals surface area contributed by atoms with Gasteiger partial charge in [-0.05, 0) is 56.4 Å². The van der Waals surface area contributed by atoms with E-state index < -0.39 is 0 Å². The molecule has 0 aliphatic carbocycles. The molecule has 1 aliphatic heterocycles. The monoisotopic (exact) mass is 436 g/mol. The van der Waals surface area contributed by atoms with Crippen LogP contribution < -0.4 is 10.9 Å². The van der Waals surface area contributed by atoms with Gasteiger partial charge in [0.15, 0.2) is 0 Å². The number of carbonyl (C=O) groups excluding carboxylic acids is 1. The molecule has 1 fully saturated rings. The lowest BCUT2D eigenvalue weighted by Gasteiger charge is -2.23. The number of aryl methyl sites for hydroxylation is 2. The van der Waals surface area contributed by atoms with Crippen LogP contribution >= 0.6 is 0 Å². The second-order valence-corrected chi connectivity index (χ2v) is 8.87. The Kier molecular flexibility index (Phi) is 6.46. The second kappa shape index (κ2) is 9.28. The van der Waals surface area contributed by atoms with Crippen LogP contribution in [0.3, 0.4) is 0 Å². The van der Waals surface area contributed by atoms with Crippen molar-refractivity contribution < 1.29 is 9.53 Å². The summed E-state index contributed by atoms with van der Waals surface area (Å²) in [4.78, 5) is 34.8. The zero-order valence-corrected chi connectivity index (χ0v) is 19.3. The number of hydrogen-bond donors (Lipinski definition) is 2. The maximum atomic E-state index is 13.4. The van der Waals surface area contributed by atoms with Gasteiger partial charge in [-0.2, -0.15) is 0 Å². The molecule has 170 valence electrons. The summed E-state index contributed by atoms with van der Waals surface area (Å²) in [5.74, 6) is 0.483. The van der Waals surface area contributed by atoms with Crippen LogP contribution in [0.4, 0.5) is 0 Å². The van der Waals surface area contributed by atoms with Crippen LogP contribution in [0.25, 0.3) is 11.0 Å². The fourth-order valence-electron chi connectivity index (χ4n) is 4.47. The molecule has 2 aromatic heterocycles. The molecular weight excluding hydrogens is 404 g/mol. The molecule has 7 nitrogen and oxygen atoms in total. The quantitative estimate of drug-likeness (QED) is 0.585. The third-order valence-electron chi connectivity index (χ3n) is 6.54. The molecule has 0 radical (unpaired) electrons. The van der Waals surface area contributed by atoms with E-state index in [1.54, 1.807) is 4.57 Å². The first-order chi connectivity index (χ1) is 15.4. The molecule has 0 bridgehead atoms. The first kappa shape index (κ1) is 22.3. The average molecular weight is 437 g/mol. The summed E-state index contributed by atoms with van der Waals surface area (Å²) in [6.45, 7) is 9.09. The van der Waals surface area contributed by atoms with Gasteiger partial charge >= 0.3 is 0 Å². The van der Waals surface area contributed by atoms with E-state index in [0.717, 1.165) is 42.6 Å². The normalized spacial score (nSPS) is 18.1. The number of aromatic amines is 1. The Morgan fingerprint density at radius 3 is 2.81 bits per heavy atom. The Hall–Kier alpha value is -2.93. The lowest BCUT2D eigenvalue weighted by Crippen LogP contribution is -2.39. The molecule has 32 heavy (non-hydrogen) atoms. The second-order valence-electron chi connectivity index (χ2n) is 8.87. The van der Waals surface area contributed by atoms with Gasteiger partial charge in [0.25, 0.3) is 11.5 Å². The Morgan fingerprint density at radius 2 is 2.12 bits per heavy atom. The molecule has 0 unspecified atom stereocenters. The van der Waals surface area contributed by atoms with Crippen LogP contribution in [0.1, 0.15) is 66.6 Å². The largest absolute Gasteiger partial charge is 0.376 e. The number of fused-ring (bicyclic) bond motifs is 1. The Balaban J connectivity index is 1.66. The highest BCUT2D eigenvalue weighted by Gasteiger charge is 2.27. The van der Waals surface area contributed by atoms with Crippen molar-refractivity contribution in [2.45, 2.75) is 65.6 Å². The number of carbonyl (C=O) groups is 1. The van der Waals surface area contributed by atoms with Crippen LogP contribution in [0.15, 0.2) is 35.1 Å². The van der Waals surface area contributed by atoms with Crippen LogP contribution in [0.2, 0.25) is 0 Å². The molecule has 1 saturated heterocycles. The van der Waals surface area contributed by atoms with Crippen molar-refractivity contribution >= 4 is 16.9 Å². The summed E-state index contributed by atoms with van der Waals surface area (Å²) in [7, 11) is 0. The first-order valence-electron chi connectivity index (χ1n) is 11.5. The van der Waals surface area contributed by atoms with E-state index in [9.17, 15) is 9.59 Å². The van der Waals surface area contributed by atoms with E-state index in [1.807, 2.05) is 44.2 Å². The molecule has 3 heterocycles. The van der Waals surface area contributed by atoms with Crippen molar-refractivity contribution in [1.29, 1.82) is 0 Å². The predicted molar refractivity (Wildman–Crippen MR) is 125 cm³/mol.